The number of halogens is 1. The van der Waals surface area contributed by atoms with Crippen LogP contribution in [-0.4, -0.2) is 38.0 Å². The number of benzene rings is 3. The number of hydrogen-bond donors (Lipinski definition) is 2. The lowest BCUT2D eigenvalue weighted by atomic mass is 10.1. The van der Waals surface area contributed by atoms with Crippen molar-refractivity contribution in [1.82, 2.24) is 0 Å². The van der Waals surface area contributed by atoms with Gasteiger partial charge in [0.05, 0.1) is 17.7 Å². The van der Waals surface area contributed by atoms with E-state index in [4.69, 9.17) is 21.1 Å². The Hall–Kier alpha value is -4.04. The van der Waals surface area contributed by atoms with Crippen molar-refractivity contribution in [2.45, 2.75) is 12.8 Å². The molecule has 0 atom stereocenters. The van der Waals surface area contributed by atoms with Crippen LogP contribution < -0.4 is 25.0 Å². The van der Waals surface area contributed by atoms with E-state index in [1.807, 2.05) is 0 Å². The van der Waals surface area contributed by atoms with Crippen molar-refractivity contribution in [1.29, 1.82) is 0 Å². The summed E-state index contributed by atoms with van der Waals surface area (Å²) in [6.45, 7) is 0.404. The van der Waals surface area contributed by atoms with Crippen LogP contribution in [0.5, 0.6) is 11.5 Å². The maximum absolute atomic E-state index is 12.9. The van der Waals surface area contributed by atoms with Crippen LogP contribution in [-0.2, 0) is 9.59 Å². The van der Waals surface area contributed by atoms with Gasteiger partial charge >= 0.3 is 0 Å². The first-order chi connectivity index (χ1) is 16.9. The van der Waals surface area contributed by atoms with Crippen molar-refractivity contribution >= 4 is 46.4 Å². The lowest BCUT2D eigenvalue weighted by Gasteiger charge is -2.16. The molecule has 3 amide bonds. The van der Waals surface area contributed by atoms with Crippen molar-refractivity contribution in [2.75, 3.05) is 35.8 Å². The van der Waals surface area contributed by atoms with Crippen LogP contribution in [0.2, 0.25) is 5.02 Å². The average molecular weight is 494 g/mol. The van der Waals surface area contributed by atoms with Crippen LogP contribution in [0.4, 0.5) is 17.1 Å². The molecule has 1 saturated heterocycles. The first-order valence-electron chi connectivity index (χ1n) is 11.0. The molecule has 3 aromatic carbocycles. The number of nitrogens with zero attached hydrogens (tertiary/aromatic N) is 1. The van der Waals surface area contributed by atoms with E-state index < -0.39 is 5.91 Å². The SMILES string of the molecule is COc1ccc(NC(=O)COc2ccccc2C(=O)Nc2ccc(N3CCCC3=O)cc2)cc1Cl. The van der Waals surface area contributed by atoms with Gasteiger partial charge in [0.15, 0.2) is 6.61 Å². The third-order valence-corrected chi connectivity index (χ3v) is 5.73. The molecule has 1 fully saturated rings. The number of anilines is 3. The summed E-state index contributed by atoms with van der Waals surface area (Å²) in [4.78, 5) is 38.9. The predicted molar refractivity (Wildman–Crippen MR) is 135 cm³/mol. The largest absolute Gasteiger partial charge is 0.495 e. The van der Waals surface area contributed by atoms with Crippen LogP contribution >= 0.6 is 11.6 Å². The molecular weight excluding hydrogens is 470 g/mol. The molecule has 0 unspecified atom stereocenters. The fourth-order valence-electron chi connectivity index (χ4n) is 3.71. The molecule has 180 valence electrons. The Labute approximate surface area is 207 Å². The third-order valence-electron chi connectivity index (χ3n) is 5.44. The monoisotopic (exact) mass is 493 g/mol. The average Bonchev–Trinajstić information content (AvgIpc) is 3.29. The minimum atomic E-state index is -0.409. The van der Waals surface area contributed by atoms with E-state index in [1.54, 1.807) is 71.6 Å². The van der Waals surface area contributed by atoms with Gasteiger partial charge in [-0.05, 0) is 61.0 Å². The molecule has 0 aromatic heterocycles. The van der Waals surface area contributed by atoms with E-state index in [1.165, 1.54) is 7.11 Å². The van der Waals surface area contributed by atoms with E-state index in [-0.39, 0.29) is 29.7 Å². The van der Waals surface area contributed by atoms with Gasteiger partial charge in [-0.1, -0.05) is 23.7 Å². The summed E-state index contributed by atoms with van der Waals surface area (Å²) in [6, 6.07) is 18.6. The van der Waals surface area contributed by atoms with Crippen molar-refractivity contribution in [3.8, 4) is 11.5 Å². The van der Waals surface area contributed by atoms with Crippen LogP contribution in [0.1, 0.15) is 23.2 Å². The molecule has 0 spiro atoms. The van der Waals surface area contributed by atoms with Gasteiger partial charge in [0.2, 0.25) is 5.91 Å². The zero-order chi connectivity index (χ0) is 24.8. The highest BCUT2D eigenvalue weighted by Gasteiger charge is 2.21. The second-order valence-electron chi connectivity index (χ2n) is 7.83. The Morgan fingerprint density at radius 2 is 1.71 bits per heavy atom. The molecule has 4 rings (SSSR count). The Kier molecular flexibility index (Phi) is 7.52. The van der Waals surface area contributed by atoms with Gasteiger partial charge in [-0.2, -0.15) is 0 Å². The Morgan fingerprint density at radius 1 is 0.971 bits per heavy atom. The molecule has 9 heteroatoms. The summed E-state index contributed by atoms with van der Waals surface area (Å²) >= 11 is 6.09. The van der Waals surface area contributed by atoms with Crippen molar-refractivity contribution in [3.05, 3.63) is 77.3 Å². The van der Waals surface area contributed by atoms with Crippen molar-refractivity contribution in [2.24, 2.45) is 0 Å². The number of ether oxygens (including phenoxy) is 2. The molecule has 0 aliphatic carbocycles. The molecule has 1 aliphatic heterocycles. The summed E-state index contributed by atoms with van der Waals surface area (Å²) in [5, 5.41) is 5.88. The molecule has 8 nitrogen and oxygen atoms in total. The molecule has 0 bridgehead atoms. The van der Waals surface area contributed by atoms with Gasteiger partial charge in [-0.3, -0.25) is 14.4 Å². The highest BCUT2D eigenvalue weighted by atomic mass is 35.5. The number of hydrogen-bond acceptors (Lipinski definition) is 5. The number of amides is 3. The summed E-state index contributed by atoms with van der Waals surface area (Å²) in [6.07, 6.45) is 1.40. The summed E-state index contributed by atoms with van der Waals surface area (Å²) in [7, 11) is 1.51. The highest BCUT2D eigenvalue weighted by Crippen LogP contribution is 2.27. The number of carbonyl (C=O) groups excluding carboxylic acids is 3. The first kappa shape index (κ1) is 24.1. The minimum absolute atomic E-state index is 0.104. The number of carbonyl (C=O) groups is 3. The second-order valence-corrected chi connectivity index (χ2v) is 8.24. The van der Waals surface area contributed by atoms with Gasteiger partial charge < -0.3 is 25.0 Å². The first-order valence-corrected chi connectivity index (χ1v) is 11.4. The molecule has 0 radical (unpaired) electrons. The number of methoxy groups -OCH3 is 1. The van der Waals surface area contributed by atoms with Gasteiger partial charge in [-0.15, -0.1) is 0 Å². The number of rotatable bonds is 8. The minimum Gasteiger partial charge on any atom is -0.495 e. The van der Waals surface area contributed by atoms with E-state index in [9.17, 15) is 14.4 Å². The second kappa shape index (κ2) is 10.9. The number of para-hydroxylation sites is 1. The summed E-state index contributed by atoms with van der Waals surface area (Å²) in [5.41, 5.74) is 2.16. The van der Waals surface area contributed by atoms with E-state index in [2.05, 4.69) is 10.6 Å². The molecule has 35 heavy (non-hydrogen) atoms. The molecule has 2 N–H and O–H groups in total. The lowest BCUT2D eigenvalue weighted by Crippen LogP contribution is -2.23. The summed E-state index contributed by atoms with van der Waals surface area (Å²) in [5.74, 6) is 0.0839. The Balaban J connectivity index is 1.36. The molecule has 1 aliphatic rings. The van der Waals surface area contributed by atoms with Gasteiger partial charge in [0.1, 0.15) is 11.5 Å². The fourth-order valence-corrected chi connectivity index (χ4v) is 3.97. The highest BCUT2D eigenvalue weighted by molar-refractivity contribution is 6.32. The Bertz CT molecular complexity index is 1250. The standard InChI is InChI=1S/C26H24ClN3O5/c1-34-23-13-10-18(15-21(23)27)28-24(31)16-35-22-6-3-2-5-20(22)26(33)29-17-8-11-19(12-9-17)30-14-4-7-25(30)32/h2-3,5-6,8-13,15H,4,7,14,16H2,1H3,(H,28,31)(H,29,33). The topological polar surface area (TPSA) is 97.0 Å². The smallest absolute Gasteiger partial charge is 0.262 e. The van der Waals surface area contributed by atoms with Crippen LogP contribution in [0.3, 0.4) is 0 Å². The molecule has 1 heterocycles. The van der Waals surface area contributed by atoms with Crippen LogP contribution in [0, 0.1) is 0 Å². The van der Waals surface area contributed by atoms with Gasteiger partial charge in [0, 0.05) is 30.0 Å². The van der Waals surface area contributed by atoms with E-state index in [0.29, 0.717) is 35.1 Å². The van der Waals surface area contributed by atoms with Crippen molar-refractivity contribution in [3.63, 3.8) is 0 Å². The maximum atomic E-state index is 12.9. The van der Waals surface area contributed by atoms with Crippen LogP contribution in [0.25, 0.3) is 0 Å². The van der Waals surface area contributed by atoms with Gasteiger partial charge in [-0.25, -0.2) is 0 Å². The van der Waals surface area contributed by atoms with Crippen molar-refractivity contribution < 1.29 is 23.9 Å². The van der Waals surface area contributed by atoms with E-state index in [0.717, 1.165) is 12.1 Å². The molecule has 3 aromatic rings. The predicted octanol–water partition coefficient (Wildman–Crippen LogP) is 4.75. The zero-order valence-electron chi connectivity index (χ0n) is 19.0. The third kappa shape index (κ3) is 5.91. The Morgan fingerprint density at radius 3 is 2.40 bits per heavy atom. The van der Waals surface area contributed by atoms with Gasteiger partial charge in [0.25, 0.3) is 11.8 Å². The fraction of sp³-hybridized carbons (Fsp3) is 0.192. The van der Waals surface area contributed by atoms with Crippen LogP contribution in [0.15, 0.2) is 66.7 Å². The summed E-state index contributed by atoms with van der Waals surface area (Å²) < 4.78 is 10.7. The molecular formula is C26H24ClN3O5. The normalized spacial score (nSPS) is 12.9. The number of nitrogens with one attached hydrogen (secondary N) is 2. The molecule has 0 saturated carbocycles. The lowest BCUT2D eigenvalue weighted by molar-refractivity contribution is -0.118. The van der Waals surface area contributed by atoms with E-state index >= 15 is 0 Å². The zero-order valence-corrected chi connectivity index (χ0v) is 19.8. The maximum Gasteiger partial charge on any atom is 0.262 e. The quantitative estimate of drug-likeness (QED) is 0.472.